The van der Waals surface area contributed by atoms with Gasteiger partial charge in [-0.05, 0) is 99.2 Å². The molecule has 0 amide bonds. The second kappa shape index (κ2) is 13.0. The van der Waals surface area contributed by atoms with Crippen molar-refractivity contribution in [2.75, 3.05) is 38.3 Å². The van der Waals surface area contributed by atoms with Gasteiger partial charge in [-0.2, -0.15) is 4.36 Å². The molecule has 5 rings (SSSR count). The molecule has 2 N–H and O–H groups in total. The van der Waals surface area contributed by atoms with Gasteiger partial charge in [-0.15, -0.1) is 13.2 Å². The van der Waals surface area contributed by atoms with Crippen LogP contribution < -0.4 is 14.8 Å². The minimum Gasteiger partial charge on any atom is -0.490 e. The van der Waals surface area contributed by atoms with E-state index in [1.165, 1.54) is 11.1 Å². The topological polar surface area (TPSA) is 86.4 Å². The van der Waals surface area contributed by atoms with E-state index in [-0.39, 0.29) is 11.5 Å². The Bertz CT molecular complexity index is 1550. The number of anilines is 1. The molecule has 9 heteroatoms. The van der Waals surface area contributed by atoms with Crippen molar-refractivity contribution < 1.29 is 18.4 Å². The van der Waals surface area contributed by atoms with Crippen LogP contribution in [0.25, 0.3) is 0 Å². The quantitative estimate of drug-likeness (QED) is 0.262. The number of methoxy groups -OCH3 is 1. The summed E-state index contributed by atoms with van der Waals surface area (Å²) in [6.45, 7) is 17.8. The maximum absolute atomic E-state index is 14.0. The largest absolute Gasteiger partial charge is 0.490 e. The van der Waals surface area contributed by atoms with Crippen molar-refractivity contribution in [2.24, 2.45) is 21.3 Å². The van der Waals surface area contributed by atoms with Gasteiger partial charge in [0.05, 0.1) is 35.6 Å². The fourth-order valence-corrected chi connectivity index (χ4v) is 8.33. The number of hydrogen-bond acceptors (Lipinski definition) is 6. The Morgan fingerprint density at radius 1 is 1.30 bits per heavy atom. The Labute approximate surface area is 268 Å². The predicted molar refractivity (Wildman–Crippen MR) is 180 cm³/mol. The Morgan fingerprint density at radius 3 is 2.77 bits per heavy atom. The number of rotatable bonds is 11. The fraction of sp³-hybridized carbons (Fsp3) is 0.486. The van der Waals surface area contributed by atoms with Gasteiger partial charge in [0.15, 0.2) is 0 Å². The van der Waals surface area contributed by atoms with Gasteiger partial charge in [-0.3, -0.25) is 0 Å². The summed E-state index contributed by atoms with van der Waals surface area (Å²) in [4.78, 5) is 2.84. The number of aryl methyl sites for hydroxylation is 1. The van der Waals surface area contributed by atoms with E-state index in [9.17, 15) is 4.21 Å². The van der Waals surface area contributed by atoms with Gasteiger partial charge in [-0.1, -0.05) is 36.4 Å². The molecule has 0 bridgehead atoms. The van der Waals surface area contributed by atoms with E-state index in [0.717, 1.165) is 61.7 Å². The van der Waals surface area contributed by atoms with Crippen LogP contribution >= 0.6 is 11.6 Å². The standard InChI is InChI=1S/C35H46ClN3O4S/c1-7-18-43-34(4,5)24(3)38-44(37,40)28-13-16-33-31(20-28)39(21-26-11-14-29(26)32(8-2)41-6)22-35(23-42-33)17-9-10-25-19-27(36)12-15-30(25)35/h7-8,12-13,15-16,19-20,26,29,32H,1-3,9-11,14,17-18,21-23H2,4-6H3,(H2,37,38,40)/t26-,29+,32-,35-,44?/m0/s1. The monoisotopic (exact) mass is 639 g/mol. The summed E-state index contributed by atoms with van der Waals surface area (Å²) in [5.74, 6) is 1.54. The van der Waals surface area contributed by atoms with Crippen LogP contribution in [0.5, 0.6) is 5.75 Å². The smallest absolute Gasteiger partial charge is 0.142 e. The summed E-state index contributed by atoms with van der Waals surface area (Å²) < 4.78 is 36.6. The first kappa shape index (κ1) is 32.8. The van der Waals surface area contributed by atoms with Gasteiger partial charge >= 0.3 is 0 Å². The van der Waals surface area contributed by atoms with Crippen LogP contribution in [0.4, 0.5) is 5.69 Å². The average molecular weight is 640 g/mol. The van der Waals surface area contributed by atoms with Gasteiger partial charge in [0.1, 0.15) is 21.3 Å². The van der Waals surface area contributed by atoms with Gasteiger partial charge in [-0.25, -0.2) is 9.35 Å². The zero-order valence-electron chi connectivity index (χ0n) is 26.2. The summed E-state index contributed by atoms with van der Waals surface area (Å²) in [5.41, 5.74) is 2.69. The van der Waals surface area contributed by atoms with Crippen LogP contribution in [0.15, 0.2) is 83.2 Å². The molecule has 0 radical (unpaired) electrons. The summed E-state index contributed by atoms with van der Waals surface area (Å²) in [5, 5.41) is 7.22. The van der Waals surface area contributed by atoms with E-state index in [2.05, 4.69) is 41.1 Å². The van der Waals surface area contributed by atoms with Crippen molar-refractivity contribution in [3.8, 4) is 5.75 Å². The minimum absolute atomic E-state index is 0.00791. The van der Waals surface area contributed by atoms with E-state index >= 15 is 0 Å². The molecular formula is C35H46ClN3O4S. The fourth-order valence-electron chi connectivity index (χ4n) is 6.94. The summed E-state index contributed by atoms with van der Waals surface area (Å²) in [7, 11) is -1.58. The van der Waals surface area contributed by atoms with Crippen LogP contribution in [0.2, 0.25) is 5.02 Å². The van der Waals surface area contributed by atoms with E-state index in [1.54, 1.807) is 19.3 Å². The first-order chi connectivity index (χ1) is 20.9. The lowest BCUT2D eigenvalue weighted by Crippen LogP contribution is -2.49. The summed E-state index contributed by atoms with van der Waals surface area (Å²) in [6.07, 6.45) is 8.83. The molecule has 7 nitrogen and oxygen atoms in total. The molecule has 1 aliphatic heterocycles. The van der Waals surface area contributed by atoms with Crippen molar-refractivity contribution in [3.05, 3.63) is 90.1 Å². The van der Waals surface area contributed by atoms with Crippen molar-refractivity contribution in [3.63, 3.8) is 0 Å². The highest BCUT2D eigenvalue weighted by atomic mass is 35.5. The molecule has 2 aliphatic carbocycles. The third-order valence-corrected chi connectivity index (χ3v) is 11.4. The third-order valence-electron chi connectivity index (χ3n) is 9.71. The third kappa shape index (κ3) is 6.51. The molecule has 3 aliphatic rings. The van der Waals surface area contributed by atoms with Gasteiger partial charge in [0, 0.05) is 30.6 Å². The molecule has 5 atom stereocenters. The van der Waals surface area contributed by atoms with Crippen molar-refractivity contribution in [2.45, 2.75) is 68.0 Å². The van der Waals surface area contributed by atoms with Crippen molar-refractivity contribution in [1.29, 1.82) is 0 Å². The average Bonchev–Trinajstić information content (AvgIpc) is 3.13. The lowest BCUT2D eigenvalue weighted by molar-refractivity contribution is 0.0135. The molecule has 0 saturated heterocycles. The second-order valence-corrected chi connectivity index (χ2v) is 15.1. The number of fused-ring (bicyclic) bond motifs is 3. The van der Waals surface area contributed by atoms with E-state index in [0.29, 0.717) is 35.6 Å². The first-order valence-corrected chi connectivity index (χ1v) is 17.3. The molecule has 1 unspecified atom stereocenters. The SMILES string of the molecule is C=CCOC(C)(C)C(=C)N=S(N)(=O)c1ccc2c(c1)N(C[C@@H]1CC[C@H]1[C@H](C=C)OC)C[C@@]1(CCCc3cc(Cl)ccc31)CO2. The maximum Gasteiger partial charge on any atom is 0.142 e. The minimum atomic E-state index is -3.34. The molecule has 1 saturated carbocycles. The van der Waals surface area contributed by atoms with Crippen LogP contribution in [0.3, 0.4) is 0 Å². The number of nitrogens with two attached hydrogens (primary N) is 1. The second-order valence-electron chi connectivity index (χ2n) is 12.9. The molecule has 44 heavy (non-hydrogen) atoms. The number of hydrogen-bond donors (Lipinski definition) is 1. The molecular weight excluding hydrogens is 594 g/mol. The molecule has 2 aromatic rings. The Hall–Kier alpha value is -2.62. The van der Waals surface area contributed by atoms with E-state index < -0.39 is 15.5 Å². The number of ether oxygens (including phenoxy) is 3. The maximum atomic E-state index is 14.0. The van der Waals surface area contributed by atoms with Crippen LogP contribution in [-0.4, -0.2) is 49.3 Å². The Kier molecular flexibility index (Phi) is 9.69. The lowest BCUT2D eigenvalue weighted by atomic mass is 9.68. The van der Waals surface area contributed by atoms with E-state index in [4.69, 9.17) is 31.0 Å². The lowest BCUT2D eigenvalue weighted by Gasteiger charge is -2.46. The molecule has 1 spiro atoms. The molecule has 238 valence electrons. The van der Waals surface area contributed by atoms with Crippen LogP contribution in [-0.2, 0) is 31.2 Å². The highest BCUT2D eigenvalue weighted by Crippen LogP contribution is 2.47. The number of halogens is 1. The molecule has 1 heterocycles. The summed E-state index contributed by atoms with van der Waals surface area (Å²) in [6, 6.07) is 11.8. The highest BCUT2D eigenvalue weighted by Gasteiger charge is 2.44. The number of benzene rings is 2. The highest BCUT2D eigenvalue weighted by molar-refractivity contribution is 7.91. The van der Waals surface area contributed by atoms with Crippen molar-refractivity contribution in [1.82, 2.24) is 0 Å². The van der Waals surface area contributed by atoms with Crippen molar-refractivity contribution >= 4 is 27.2 Å². The van der Waals surface area contributed by atoms with Crippen LogP contribution in [0, 0.1) is 11.8 Å². The van der Waals surface area contributed by atoms with Gasteiger partial charge in [0.25, 0.3) is 0 Å². The first-order valence-electron chi connectivity index (χ1n) is 15.4. The predicted octanol–water partition coefficient (Wildman–Crippen LogP) is 7.24. The Balaban J connectivity index is 1.55. The molecule has 1 fully saturated rings. The normalized spacial score (nSPS) is 24.9. The van der Waals surface area contributed by atoms with E-state index in [1.807, 2.05) is 38.1 Å². The van der Waals surface area contributed by atoms with Gasteiger partial charge in [0.2, 0.25) is 0 Å². The molecule has 2 aromatic carbocycles. The summed E-state index contributed by atoms with van der Waals surface area (Å²) >= 11 is 6.43. The number of nitrogens with zero attached hydrogens (tertiary/aromatic N) is 2. The van der Waals surface area contributed by atoms with Gasteiger partial charge < -0.3 is 19.1 Å². The zero-order chi connectivity index (χ0) is 31.7. The Morgan fingerprint density at radius 2 is 2.09 bits per heavy atom. The van der Waals surface area contributed by atoms with Crippen LogP contribution in [0.1, 0.15) is 50.7 Å². The zero-order valence-corrected chi connectivity index (χ0v) is 27.8. The molecule has 0 aromatic heterocycles.